The number of methoxy groups -OCH3 is 1. The van der Waals surface area contributed by atoms with E-state index in [1.165, 1.54) is 7.11 Å². The second-order valence-electron chi connectivity index (χ2n) is 5.50. The number of carbonyl (C=O) groups excluding carboxylic acids is 1. The Kier molecular flexibility index (Phi) is 7.51. The van der Waals surface area contributed by atoms with Gasteiger partial charge in [0.25, 0.3) is 0 Å². The van der Waals surface area contributed by atoms with Crippen molar-refractivity contribution in [3.05, 3.63) is 35.4 Å². The van der Waals surface area contributed by atoms with Crippen molar-refractivity contribution in [2.24, 2.45) is 4.99 Å². The van der Waals surface area contributed by atoms with E-state index in [0.717, 1.165) is 50.9 Å². The first kappa shape index (κ1) is 18.2. The number of morpholine rings is 1. The summed E-state index contributed by atoms with van der Waals surface area (Å²) in [5, 5.41) is 6.55. The van der Waals surface area contributed by atoms with Crippen LogP contribution in [0.4, 0.5) is 0 Å². The van der Waals surface area contributed by atoms with Gasteiger partial charge in [0.2, 0.25) is 0 Å². The molecule has 0 unspecified atom stereocenters. The second kappa shape index (κ2) is 9.89. The first-order chi connectivity index (χ1) is 11.7. The molecule has 1 aliphatic heterocycles. The molecule has 0 spiro atoms. The molecular formula is C17H26N4O3. The Morgan fingerprint density at radius 2 is 2.12 bits per heavy atom. The van der Waals surface area contributed by atoms with Crippen LogP contribution < -0.4 is 10.6 Å². The zero-order valence-electron chi connectivity index (χ0n) is 14.4. The summed E-state index contributed by atoms with van der Waals surface area (Å²) in [7, 11) is 3.13. The van der Waals surface area contributed by atoms with Crippen LogP contribution in [0.3, 0.4) is 0 Å². The van der Waals surface area contributed by atoms with E-state index in [0.29, 0.717) is 12.1 Å². The maximum absolute atomic E-state index is 11.6. The molecule has 0 saturated carbocycles. The number of carbonyl (C=O) groups is 1. The Morgan fingerprint density at radius 1 is 1.33 bits per heavy atom. The van der Waals surface area contributed by atoms with Gasteiger partial charge < -0.3 is 20.1 Å². The quantitative estimate of drug-likeness (QED) is 0.447. The van der Waals surface area contributed by atoms with Crippen LogP contribution in [0.1, 0.15) is 15.9 Å². The van der Waals surface area contributed by atoms with E-state index in [1.807, 2.05) is 18.2 Å². The number of ether oxygens (including phenoxy) is 2. The van der Waals surface area contributed by atoms with Gasteiger partial charge in [-0.15, -0.1) is 0 Å². The number of nitrogens with zero attached hydrogens (tertiary/aromatic N) is 2. The number of guanidine groups is 1. The number of hydrogen-bond donors (Lipinski definition) is 2. The highest BCUT2D eigenvalue weighted by Crippen LogP contribution is 2.06. The molecule has 132 valence electrons. The van der Waals surface area contributed by atoms with Gasteiger partial charge in [-0.05, 0) is 17.7 Å². The summed E-state index contributed by atoms with van der Waals surface area (Å²) in [6, 6.07) is 7.36. The smallest absolute Gasteiger partial charge is 0.337 e. The van der Waals surface area contributed by atoms with E-state index in [1.54, 1.807) is 13.1 Å². The topological polar surface area (TPSA) is 75.2 Å². The van der Waals surface area contributed by atoms with E-state index < -0.39 is 0 Å². The minimum atomic E-state index is -0.329. The van der Waals surface area contributed by atoms with Crippen LogP contribution in [-0.2, 0) is 16.0 Å². The molecule has 1 aromatic rings. The Morgan fingerprint density at radius 3 is 2.83 bits per heavy atom. The molecule has 1 aliphatic rings. The summed E-state index contributed by atoms with van der Waals surface area (Å²) < 4.78 is 10.1. The van der Waals surface area contributed by atoms with Gasteiger partial charge in [-0.3, -0.25) is 9.89 Å². The molecule has 0 bridgehead atoms. The Balaban J connectivity index is 1.75. The highest BCUT2D eigenvalue weighted by Gasteiger charge is 2.10. The lowest BCUT2D eigenvalue weighted by Gasteiger charge is -2.26. The number of rotatable bonds is 6. The van der Waals surface area contributed by atoms with Crippen molar-refractivity contribution in [1.82, 2.24) is 15.5 Å². The van der Waals surface area contributed by atoms with Crippen molar-refractivity contribution in [2.75, 3.05) is 53.6 Å². The molecule has 7 nitrogen and oxygen atoms in total. The third kappa shape index (κ3) is 5.82. The van der Waals surface area contributed by atoms with E-state index in [9.17, 15) is 4.79 Å². The SMILES string of the molecule is CN=C(NCCN1CCOCC1)NCc1cccc(C(=O)OC)c1. The lowest BCUT2D eigenvalue weighted by Crippen LogP contribution is -2.44. The Bertz CT molecular complexity index is 557. The monoisotopic (exact) mass is 334 g/mol. The molecule has 2 N–H and O–H groups in total. The van der Waals surface area contributed by atoms with E-state index in [-0.39, 0.29) is 5.97 Å². The van der Waals surface area contributed by atoms with E-state index in [2.05, 4.69) is 20.5 Å². The lowest BCUT2D eigenvalue weighted by atomic mass is 10.1. The number of aliphatic imine (C=N–C) groups is 1. The normalized spacial score (nSPS) is 15.8. The fourth-order valence-corrected chi connectivity index (χ4v) is 2.49. The third-order valence-electron chi connectivity index (χ3n) is 3.86. The van der Waals surface area contributed by atoms with Gasteiger partial charge in [-0.2, -0.15) is 0 Å². The molecule has 24 heavy (non-hydrogen) atoms. The van der Waals surface area contributed by atoms with Gasteiger partial charge >= 0.3 is 5.97 Å². The predicted octanol–water partition coefficient (Wildman–Crippen LogP) is 0.470. The van der Waals surface area contributed by atoms with Gasteiger partial charge in [0, 0.05) is 39.8 Å². The van der Waals surface area contributed by atoms with Crippen LogP contribution in [0.5, 0.6) is 0 Å². The standard InChI is InChI=1S/C17H26N4O3/c1-18-17(19-6-7-21-8-10-24-11-9-21)20-13-14-4-3-5-15(12-14)16(22)23-2/h3-5,12H,6-11,13H2,1-2H3,(H2,18,19,20). The summed E-state index contributed by atoms with van der Waals surface area (Å²) in [6.07, 6.45) is 0. The number of benzene rings is 1. The van der Waals surface area contributed by atoms with Crippen molar-refractivity contribution < 1.29 is 14.3 Å². The molecule has 1 saturated heterocycles. The van der Waals surface area contributed by atoms with Crippen molar-refractivity contribution >= 4 is 11.9 Å². The fraction of sp³-hybridized carbons (Fsp3) is 0.529. The summed E-state index contributed by atoms with van der Waals surface area (Å²) >= 11 is 0. The summed E-state index contributed by atoms with van der Waals surface area (Å²) in [4.78, 5) is 18.1. The zero-order valence-corrected chi connectivity index (χ0v) is 14.4. The number of esters is 1. The van der Waals surface area contributed by atoms with Gasteiger partial charge in [-0.1, -0.05) is 12.1 Å². The minimum absolute atomic E-state index is 0.329. The molecule has 0 radical (unpaired) electrons. The molecule has 1 aromatic carbocycles. The minimum Gasteiger partial charge on any atom is -0.465 e. The maximum Gasteiger partial charge on any atom is 0.337 e. The third-order valence-corrected chi connectivity index (χ3v) is 3.86. The zero-order chi connectivity index (χ0) is 17.2. The highest BCUT2D eigenvalue weighted by molar-refractivity contribution is 5.89. The highest BCUT2D eigenvalue weighted by atomic mass is 16.5. The summed E-state index contributed by atoms with van der Waals surface area (Å²) in [5.41, 5.74) is 1.54. The molecule has 1 heterocycles. The molecule has 0 atom stereocenters. The second-order valence-corrected chi connectivity index (χ2v) is 5.50. The molecule has 2 rings (SSSR count). The largest absolute Gasteiger partial charge is 0.465 e. The summed E-state index contributed by atoms with van der Waals surface area (Å²) in [6.45, 7) is 5.95. The average Bonchev–Trinajstić information content (AvgIpc) is 2.65. The first-order valence-corrected chi connectivity index (χ1v) is 8.15. The molecule has 1 fully saturated rings. The van der Waals surface area contributed by atoms with Gasteiger partial charge in [0.1, 0.15) is 0 Å². The van der Waals surface area contributed by atoms with E-state index in [4.69, 9.17) is 9.47 Å². The predicted molar refractivity (Wildman–Crippen MR) is 93.2 cm³/mol. The van der Waals surface area contributed by atoms with Crippen molar-refractivity contribution in [1.29, 1.82) is 0 Å². The fourth-order valence-electron chi connectivity index (χ4n) is 2.49. The van der Waals surface area contributed by atoms with Crippen molar-refractivity contribution in [3.8, 4) is 0 Å². The van der Waals surface area contributed by atoms with Crippen LogP contribution in [0, 0.1) is 0 Å². The summed E-state index contributed by atoms with van der Waals surface area (Å²) in [5.74, 6) is 0.414. The average molecular weight is 334 g/mol. The Labute approximate surface area is 143 Å². The number of nitrogens with one attached hydrogen (secondary N) is 2. The van der Waals surface area contributed by atoms with Crippen LogP contribution in [0.2, 0.25) is 0 Å². The maximum atomic E-state index is 11.6. The van der Waals surface area contributed by atoms with Crippen LogP contribution >= 0.6 is 0 Å². The molecule has 7 heteroatoms. The first-order valence-electron chi connectivity index (χ1n) is 8.15. The van der Waals surface area contributed by atoms with Gasteiger partial charge in [0.15, 0.2) is 5.96 Å². The van der Waals surface area contributed by atoms with Crippen LogP contribution in [0.25, 0.3) is 0 Å². The van der Waals surface area contributed by atoms with Crippen LogP contribution in [0.15, 0.2) is 29.3 Å². The Hall–Kier alpha value is -2.12. The molecular weight excluding hydrogens is 308 g/mol. The van der Waals surface area contributed by atoms with Gasteiger partial charge in [0.05, 0.1) is 25.9 Å². The van der Waals surface area contributed by atoms with Crippen molar-refractivity contribution in [2.45, 2.75) is 6.54 Å². The van der Waals surface area contributed by atoms with Crippen LogP contribution in [-0.4, -0.2) is 70.4 Å². The molecule has 0 aliphatic carbocycles. The number of hydrogen-bond acceptors (Lipinski definition) is 5. The lowest BCUT2D eigenvalue weighted by molar-refractivity contribution is 0.0389. The molecule has 0 aromatic heterocycles. The van der Waals surface area contributed by atoms with Gasteiger partial charge in [-0.25, -0.2) is 4.79 Å². The van der Waals surface area contributed by atoms with E-state index >= 15 is 0 Å². The molecule has 0 amide bonds. The van der Waals surface area contributed by atoms with Crippen molar-refractivity contribution in [3.63, 3.8) is 0 Å².